The topological polar surface area (TPSA) is 68.3 Å². The summed E-state index contributed by atoms with van der Waals surface area (Å²) in [5.41, 5.74) is 2.14. The van der Waals surface area contributed by atoms with E-state index in [4.69, 9.17) is 4.74 Å². The quantitative estimate of drug-likeness (QED) is 0.618. The largest absolute Gasteiger partial charge is 0.491 e. The van der Waals surface area contributed by atoms with Crippen molar-refractivity contribution < 1.29 is 26.3 Å². The summed E-state index contributed by atoms with van der Waals surface area (Å²) < 4.78 is 73.2. The van der Waals surface area contributed by atoms with Crippen molar-refractivity contribution in [2.24, 2.45) is 0 Å². The summed E-state index contributed by atoms with van der Waals surface area (Å²) in [5.74, 6) is 0.164. The Labute approximate surface area is 173 Å². The van der Waals surface area contributed by atoms with Gasteiger partial charge in [-0.2, -0.15) is 17.9 Å². The molecule has 30 heavy (non-hydrogen) atoms. The van der Waals surface area contributed by atoms with Gasteiger partial charge in [-0.3, -0.25) is 4.98 Å². The van der Waals surface area contributed by atoms with Gasteiger partial charge in [0, 0.05) is 17.6 Å². The first kappa shape index (κ1) is 22.0. The number of hydrogen-bond acceptors (Lipinski definition) is 4. The molecule has 0 saturated heterocycles. The number of rotatable bonds is 6. The van der Waals surface area contributed by atoms with Crippen LogP contribution >= 0.6 is 0 Å². The third kappa shape index (κ3) is 4.91. The predicted molar refractivity (Wildman–Crippen MR) is 108 cm³/mol. The number of sulfonamides is 1. The normalized spacial score (nSPS) is 13.4. The lowest BCUT2D eigenvalue weighted by atomic mass is 10.1. The molecule has 1 N–H and O–H groups in total. The molecule has 1 unspecified atom stereocenters. The van der Waals surface area contributed by atoms with Crippen molar-refractivity contribution in [3.63, 3.8) is 0 Å². The van der Waals surface area contributed by atoms with Crippen LogP contribution in [0.15, 0.2) is 53.6 Å². The molecular formula is C21H21F3N2O3S. The van der Waals surface area contributed by atoms with Crippen LogP contribution in [-0.4, -0.2) is 32.2 Å². The first-order chi connectivity index (χ1) is 14.0. The average molecular weight is 438 g/mol. The van der Waals surface area contributed by atoms with Crippen molar-refractivity contribution in [2.75, 3.05) is 6.61 Å². The van der Waals surface area contributed by atoms with Gasteiger partial charge in [0.2, 0.25) is 10.0 Å². The minimum atomic E-state index is -4.84. The van der Waals surface area contributed by atoms with Crippen molar-refractivity contribution in [3.05, 3.63) is 65.4 Å². The lowest BCUT2D eigenvalue weighted by molar-refractivity contribution is -0.157. The summed E-state index contributed by atoms with van der Waals surface area (Å²) in [6.07, 6.45) is -3.28. The Bertz CT molecular complexity index is 1150. The molecule has 0 amide bonds. The molecule has 0 radical (unpaired) electrons. The van der Waals surface area contributed by atoms with Gasteiger partial charge in [0.1, 0.15) is 12.4 Å². The van der Waals surface area contributed by atoms with E-state index in [1.807, 2.05) is 6.07 Å². The zero-order valence-corrected chi connectivity index (χ0v) is 17.4. The molecule has 1 aromatic heterocycles. The third-order valence-electron chi connectivity index (χ3n) is 4.56. The maximum absolute atomic E-state index is 13.6. The molecule has 5 nitrogen and oxygen atoms in total. The SMILES string of the molecule is Cc1cc(C)c(S(=O)(=O)NC(COc2ccc3cccnc3c2)C(F)(F)F)c(C)c1. The minimum absolute atomic E-state index is 0.155. The number of nitrogens with one attached hydrogen (secondary N) is 1. The number of fused-ring (bicyclic) bond motifs is 1. The van der Waals surface area contributed by atoms with E-state index < -0.39 is 28.8 Å². The van der Waals surface area contributed by atoms with Crippen LogP contribution in [0.3, 0.4) is 0 Å². The highest BCUT2D eigenvalue weighted by Crippen LogP contribution is 2.27. The molecule has 160 valence electrons. The summed E-state index contributed by atoms with van der Waals surface area (Å²) in [7, 11) is -4.42. The Kier molecular flexibility index (Phi) is 6.05. The van der Waals surface area contributed by atoms with Gasteiger partial charge >= 0.3 is 6.18 Å². The van der Waals surface area contributed by atoms with Crippen LogP contribution in [-0.2, 0) is 10.0 Å². The monoisotopic (exact) mass is 438 g/mol. The highest BCUT2D eigenvalue weighted by molar-refractivity contribution is 7.89. The Morgan fingerprint density at radius 1 is 1.07 bits per heavy atom. The molecule has 0 fully saturated rings. The summed E-state index contributed by atoms with van der Waals surface area (Å²) in [6.45, 7) is 3.98. The Morgan fingerprint density at radius 3 is 2.37 bits per heavy atom. The summed E-state index contributed by atoms with van der Waals surface area (Å²) in [6, 6.07) is 9.06. The maximum atomic E-state index is 13.6. The van der Waals surface area contributed by atoms with Crippen molar-refractivity contribution in [3.8, 4) is 5.75 Å². The zero-order valence-electron chi connectivity index (χ0n) is 16.6. The van der Waals surface area contributed by atoms with Gasteiger partial charge in [0.15, 0.2) is 6.04 Å². The Balaban J connectivity index is 1.84. The number of hydrogen-bond donors (Lipinski definition) is 1. The molecule has 0 bridgehead atoms. The van der Waals surface area contributed by atoms with E-state index >= 15 is 0 Å². The number of pyridine rings is 1. The fraction of sp³-hybridized carbons (Fsp3) is 0.286. The smallest absolute Gasteiger partial charge is 0.408 e. The first-order valence-corrected chi connectivity index (χ1v) is 10.6. The van der Waals surface area contributed by atoms with Gasteiger partial charge in [-0.25, -0.2) is 8.42 Å². The maximum Gasteiger partial charge on any atom is 0.408 e. The number of benzene rings is 2. The molecule has 0 aliphatic heterocycles. The van der Waals surface area contributed by atoms with E-state index in [1.54, 1.807) is 56.0 Å². The van der Waals surface area contributed by atoms with E-state index in [0.717, 1.165) is 10.9 Å². The zero-order chi connectivity index (χ0) is 22.1. The highest BCUT2D eigenvalue weighted by Gasteiger charge is 2.43. The molecule has 2 aromatic carbocycles. The molecule has 0 aliphatic carbocycles. The number of ether oxygens (including phenoxy) is 1. The van der Waals surface area contributed by atoms with Gasteiger partial charge in [-0.1, -0.05) is 23.8 Å². The molecule has 3 rings (SSSR count). The fourth-order valence-corrected chi connectivity index (χ4v) is 5.01. The Hall–Kier alpha value is -2.65. The van der Waals surface area contributed by atoms with E-state index in [9.17, 15) is 21.6 Å². The van der Waals surface area contributed by atoms with Gasteiger partial charge in [-0.15, -0.1) is 0 Å². The van der Waals surface area contributed by atoms with Crippen molar-refractivity contribution >= 4 is 20.9 Å². The van der Waals surface area contributed by atoms with Crippen LogP contribution in [0, 0.1) is 20.8 Å². The third-order valence-corrected chi connectivity index (χ3v) is 6.34. The van der Waals surface area contributed by atoms with Gasteiger partial charge in [0.25, 0.3) is 0 Å². The van der Waals surface area contributed by atoms with Crippen LogP contribution in [0.2, 0.25) is 0 Å². The standard InChI is InChI=1S/C21H21F3N2O3S/c1-13-9-14(2)20(15(3)10-13)30(27,28)26-19(21(22,23)24)12-29-17-7-6-16-5-4-8-25-18(16)11-17/h4-11,19,26H,12H2,1-3H3. The summed E-state index contributed by atoms with van der Waals surface area (Å²) >= 11 is 0. The molecule has 1 heterocycles. The van der Waals surface area contributed by atoms with Crippen LogP contribution in [0.25, 0.3) is 10.9 Å². The van der Waals surface area contributed by atoms with Crippen LogP contribution in [0.4, 0.5) is 13.2 Å². The predicted octanol–water partition coefficient (Wildman–Crippen LogP) is 4.45. The fourth-order valence-electron chi connectivity index (χ4n) is 3.35. The minimum Gasteiger partial charge on any atom is -0.491 e. The van der Waals surface area contributed by atoms with Crippen molar-refractivity contribution in [1.29, 1.82) is 0 Å². The molecule has 0 spiro atoms. The molecule has 0 aliphatic rings. The highest BCUT2D eigenvalue weighted by atomic mass is 32.2. The Morgan fingerprint density at radius 2 is 1.73 bits per heavy atom. The van der Waals surface area contributed by atoms with Gasteiger partial charge in [0.05, 0.1) is 10.4 Å². The van der Waals surface area contributed by atoms with Crippen LogP contribution in [0.1, 0.15) is 16.7 Å². The summed E-state index contributed by atoms with van der Waals surface area (Å²) in [5, 5.41) is 0.809. The van der Waals surface area contributed by atoms with Crippen molar-refractivity contribution in [1.82, 2.24) is 9.71 Å². The second kappa shape index (κ2) is 8.23. The average Bonchev–Trinajstić information content (AvgIpc) is 2.63. The number of nitrogens with zero attached hydrogens (tertiary/aromatic N) is 1. The molecule has 9 heteroatoms. The van der Waals surface area contributed by atoms with Crippen molar-refractivity contribution in [2.45, 2.75) is 37.9 Å². The van der Waals surface area contributed by atoms with E-state index in [2.05, 4.69) is 4.98 Å². The lowest BCUT2D eigenvalue weighted by Gasteiger charge is -2.23. The van der Waals surface area contributed by atoms with E-state index in [1.165, 1.54) is 12.1 Å². The number of halogens is 3. The molecule has 1 atom stereocenters. The molecule has 0 saturated carbocycles. The number of aryl methyl sites for hydroxylation is 3. The van der Waals surface area contributed by atoms with Crippen LogP contribution in [0.5, 0.6) is 5.75 Å². The van der Waals surface area contributed by atoms with E-state index in [-0.39, 0.29) is 10.6 Å². The molecular weight excluding hydrogens is 417 g/mol. The summed E-state index contributed by atoms with van der Waals surface area (Å²) in [4.78, 5) is 3.97. The first-order valence-electron chi connectivity index (χ1n) is 9.12. The second-order valence-electron chi connectivity index (χ2n) is 7.11. The molecule has 3 aromatic rings. The number of aromatic nitrogens is 1. The lowest BCUT2D eigenvalue weighted by Crippen LogP contribution is -2.49. The van der Waals surface area contributed by atoms with E-state index in [0.29, 0.717) is 16.6 Å². The van der Waals surface area contributed by atoms with Gasteiger partial charge in [-0.05, 0) is 50.1 Å². The second-order valence-corrected chi connectivity index (χ2v) is 8.76. The van der Waals surface area contributed by atoms with Crippen LogP contribution < -0.4 is 9.46 Å². The number of alkyl halides is 3. The van der Waals surface area contributed by atoms with Gasteiger partial charge < -0.3 is 4.74 Å².